The maximum absolute atomic E-state index is 6.30. The van der Waals surface area contributed by atoms with Crippen LogP contribution in [0.5, 0.6) is 0 Å². The van der Waals surface area contributed by atoms with Crippen LogP contribution in [0.25, 0.3) is 0 Å². The van der Waals surface area contributed by atoms with E-state index in [1.165, 1.54) is 22.3 Å². The molecule has 0 aromatic heterocycles. The average molecular weight is 260 g/mol. The molecule has 94 valence electrons. The lowest BCUT2D eigenvalue weighted by Crippen LogP contribution is -2.14. The second-order valence-electron chi connectivity index (χ2n) is 4.80. The third-order valence-corrected chi connectivity index (χ3v) is 3.41. The molecule has 0 aliphatic carbocycles. The summed E-state index contributed by atoms with van der Waals surface area (Å²) in [5, 5.41) is 0.765. The lowest BCUT2D eigenvalue weighted by Gasteiger charge is -2.16. The van der Waals surface area contributed by atoms with Crippen molar-refractivity contribution in [2.45, 2.75) is 26.3 Å². The van der Waals surface area contributed by atoms with Crippen LogP contribution in [0.15, 0.2) is 42.5 Å². The molecule has 0 saturated carbocycles. The van der Waals surface area contributed by atoms with E-state index >= 15 is 0 Å². The van der Waals surface area contributed by atoms with Crippen LogP contribution in [0, 0.1) is 13.8 Å². The van der Waals surface area contributed by atoms with E-state index in [1.807, 2.05) is 18.2 Å². The molecule has 0 aliphatic rings. The fourth-order valence-electron chi connectivity index (χ4n) is 2.19. The van der Waals surface area contributed by atoms with E-state index in [1.54, 1.807) is 0 Å². The highest BCUT2D eigenvalue weighted by Crippen LogP contribution is 2.22. The van der Waals surface area contributed by atoms with Crippen molar-refractivity contribution in [3.63, 3.8) is 0 Å². The van der Waals surface area contributed by atoms with Crippen LogP contribution in [0.1, 0.15) is 28.3 Å². The Morgan fingerprint density at radius 3 is 2.61 bits per heavy atom. The fraction of sp³-hybridized carbons (Fsp3) is 0.250. The van der Waals surface area contributed by atoms with Gasteiger partial charge in [0.05, 0.1) is 0 Å². The second-order valence-corrected chi connectivity index (χ2v) is 5.24. The molecule has 0 amide bonds. The summed E-state index contributed by atoms with van der Waals surface area (Å²) in [5.41, 5.74) is 11.2. The Kier molecular flexibility index (Phi) is 4.05. The smallest absolute Gasteiger partial charge is 0.0408 e. The topological polar surface area (TPSA) is 26.0 Å². The summed E-state index contributed by atoms with van der Waals surface area (Å²) in [5.74, 6) is 0. The van der Waals surface area contributed by atoms with Gasteiger partial charge < -0.3 is 5.73 Å². The van der Waals surface area contributed by atoms with Gasteiger partial charge in [0.25, 0.3) is 0 Å². The minimum atomic E-state index is 0.0170. The summed E-state index contributed by atoms with van der Waals surface area (Å²) in [6.45, 7) is 4.20. The Bertz CT molecular complexity index is 549. The van der Waals surface area contributed by atoms with Crippen LogP contribution in [-0.2, 0) is 6.42 Å². The Hall–Kier alpha value is -1.31. The molecular weight excluding hydrogens is 242 g/mol. The van der Waals surface area contributed by atoms with E-state index in [-0.39, 0.29) is 6.04 Å². The van der Waals surface area contributed by atoms with Crippen molar-refractivity contribution >= 4 is 11.6 Å². The van der Waals surface area contributed by atoms with Crippen LogP contribution in [0.3, 0.4) is 0 Å². The number of benzene rings is 2. The summed E-state index contributed by atoms with van der Waals surface area (Å²) in [6.07, 6.45) is 0.810. The second kappa shape index (κ2) is 5.55. The van der Waals surface area contributed by atoms with E-state index in [4.69, 9.17) is 17.3 Å². The first-order chi connectivity index (χ1) is 8.56. The molecule has 0 bridgehead atoms. The quantitative estimate of drug-likeness (QED) is 0.878. The largest absolute Gasteiger partial charge is 0.324 e. The van der Waals surface area contributed by atoms with Crippen LogP contribution in [-0.4, -0.2) is 0 Å². The van der Waals surface area contributed by atoms with E-state index in [0.717, 1.165) is 11.4 Å². The lowest BCUT2D eigenvalue weighted by molar-refractivity contribution is 0.716. The molecule has 0 saturated heterocycles. The zero-order valence-electron chi connectivity index (χ0n) is 10.8. The molecule has 0 aliphatic heterocycles. The van der Waals surface area contributed by atoms with Gasteiger partial charge in [-0.1, -0.05) is 47.5 Å². The predicted octanol–water partition coefficient (Wildman–Crippen LogP) is 4.20. The SMILES string of the molecule is Cc1ccc(C)c(C(N)Cc2cccc(Cl)c2)c1. The van der Waals surface area contributed by atoms with Gasteiger partial charge in [0.1, 0.15) is 0 Å². The highest BCUT2D eigenvalue weighted by atomic mass is 35.5. The molecule has 1 unspecified atom stereocenters. The molecule has 18 heavy (non-hydrogen) atoms. The monoisotopic (exact) mass is 259 g/mol. The molecule has 0 spiro atoms. The first-order valence-corrected chi connectivity index (χ1v) is 6.51. The molecule has 0 radical (unpaired) electrons. The molecule has 2 aromatic carbocycles. The average Bonchev–Trinajstić information content (AvgIpc) is 2.32. The molecule has 2 aromatic rings. The maximum Gasteiger partial charge on any atom is 0.0408 e. The number of hydrogen-bond donors (Lipinski definition) is 1. The number of halogens is 1. The molecule has 1 atom stereocenters. The van der Waals surface area contributed by atoms with Gasteiger partial charge in [0.2, 0.25) is 0 Å². The van der Waals surface area contributed by atoms with Gasteiger partial charge in [0.15, 0.2) is 0 Å². The van der Waals surface area contributed by atoms with E-state index < -0.39 is 0 Å². The van der Waals surface area contributed by atoms with Crippen molar-refractivity contribution < 1.29 is 0 Å². The summed E-state index contributed by atoms with van der Waals surface area (Å²) < 4.78 is 0. The molecule has 1 nitrogen and oxygen atoms in total. The predicted molar refractivity (Wildman–Crippen MR) is 78.0 cm³/mol. The number of nitrogens with two attached hydrogens (primary N) is 1. The Morgan fingerprint density at radius 1 is 1.11 bits per heavy atom. The van der Waals surface area contributed by atoms with Crippen molar-refractivity contribution in [3.05, 3.63) is 69.7 Å². The van der Waals surface area contributed by atoms with Crippen molar-refractivity contribution in [2.24, 2.45) is 5.73 Å². The maximum atomic E-state index is 6.30. The molecular formula is C16H18ClN. The minimum absolute atomic E-state index is 0.0170. The molecule has 0 fully saturated rings. The van der Waals surface area contributed by atoms with Gasteiger partial charge in [-0.25, -0.2) is 0 Å². The zero-order valence-corrected chi connectivity index (χ0v) is 11.5. The van der Waals surface area contributed by atoms with Crippen LogP contribution in [0.2, 0.25) is 5.02 Å². The first-order valence-electron chi connectivity index (χ1n) is 6.13. The molecule has 2 heteroatoms. The highest BCUT2D eigenvalue weighted by molar-refractivity contribution is 6.30. The summed E-state index contributed by atoms with van der Waals surface area (Å²) in [7, 11) is 0. The lowest BCUT2D eigenvalue weighted by atomic mass is 9.95. The number of hydrogen-bond acceptors (Lipinski definition) is 1. The molecule has 0 heterocycles. The summed E-state index contributed by atoms with van der Waals surface area (Å²) >= 11 is 5.99. The van der Waals surface area contributed by atoms with Gasteiger partial charge >= 0.3 is 0 Å². The van der Waals surface area contributed by atoms with Gasteiger partial charge in [-0.2, -0.15) is 0 Å². The standard InChI is InChI=1S/C16H18ClN/c1-11-6-7-12(2)15(8-11)16(18)10-13-4-3-5-14(17)9-13/h3-9,16H,10,18H2,1-2H3. The van der Waals surface area contributed by atoms with E-state index in [2.05, 4.69) is 38.1 Å². The van der Waals surface area contributed by atoms with E-state index in [9.17, 15) is 0 Å². The Morgan fingerprint density at radius 2 is 1.89 bits per heavy atom. The van der Waals surface area contributed by atoms with Gasteiger partial charge in [-0.15, -0.1) is 0 Å². The number of aryl methyl sites for hydroxylation is 2. The third-order valence-electron chi connectivity index (χ3n) is 3.18. The van der Waals surface area contributed by atoms with Gasteiger partial charge in [-0.3, -0.25) is 0 Å². The van der Waals surface area contributed by atoms with Crippen LogP contribution >= 0.6 is 11.6 Å². The number of rotatable bonds is 3. The van der Waals surface area contributed by atoms with Crippen LogP contribution < -0.4 is 5.73 Å². The zero-order chi connectivity index (χ0) is 13.1. The fourth-order valence-corrected chi connectivity index (χ4v) is 2.40. The Labute approximate surface area is 114 Å². The van der Waals surface area contributed by atoms with E-state index in [0.29, 0.717) is 0 Å². The van der Waals surface area contributed by atoms with Crippen molar-refractivity contribution in [2.75, 3.05) is 0 Å². The normalized spacial score (nSPS) is 12.4. The molecule has 2 N–H and O–H groups in total. The van der Waals surface area contributed by atoms with Gasteiger partial charge in [-0.05, 0) is 49.1 Å². The third kappa shape index (κ3) is 3.12. The van der Waals surface area contributed by atoms with Crippen molar-refractivity contribution in [1.82, 2.24) is 0 Å². The summed E-state index contributed by atoms with van der Waals surface area (Å²) in [6, 6.07) is 14.3. The highest BCUT2D eigenvalue weighted by Gasteiger charge is 2.10. The van der Waals surface area contributed by atoms with Crippen molar-refractivity contribution in [1.29, 1.82) is 0 Å². The molecule has 2 rings (SSSR count). The van der Waals surface area contributed by atoms with Crippen molar-refractivity contribution in [3.8, 4) is 0 Å². The van der Waals surface area contributed by atoms with Gasteiger partial charge in [0, 0.05) is 11.1 Å². The Balaban J connectivity index is 2.21. The summed E-state index contributed by atoms with van der Waals surface area (Å²) in [4.78, 5) is 0. The first kappa shape index (κ1) is 13.1. The van der Waals surface area contributed by atoms with Crippen LogP contribution in [0.4, 0.5) is 0 Å². The minimum Gasteiger partial charge on any atom is -0.324 e.